The molecule has 0 aliphatic heterocycles. The van der Waals surface area contributed by atoms with Crippen LogP contribution in [-0.4, -0.2) is 15.7 Å². The van der Waals surface area contributed by atoms with Crippen molar-refractivity contribution in [3.05, 3.63) is 97.8 Å². The molecule has 0 bridgehead atoms. The predicted molar refractivity (Wildman–Crippen MR) is 121 cm³/mol. The Labute approximate surface area is 196 Å². The Bertz CT molecular complexity index is 1280. The van der Waals surface area contributed by atoms with Crippen molar-refractivity contribution in [1.29, 1.82) is 0 Å². The fraction of sp³-hybridized carbons (Fsp3) is 0.0909. The number of rotatable bonds is 7. The molecule has 4 rings (SSSR count). The zero-order valence-electron chi connectivity index (χ0n) is 16.3. The molecular formula is C22H15Cl2F2N3O2S. The second kappa shape index (κ2) is 9.68. The molecule has 32 heavy (non-hydrogen) atoms. The molecule has 1 amide bonds. The lowest BCUT2D eigenvalue weighted by Crippen LogP contribution is -2.12. The topological polar surface area (TPSA) is 56.2 Å². The summed E-state index contributed by atoms with van der Waals surface area (Å²) in [7, 11) is 0. The summed E-state index contributed by atoms with van der Waals surface area (Å²) in [5.74, 6) is -0.942. The van der Waals surface area contributed by atoms with Gasteiger partial charge in [0.15, 0.2) is 17.4 Å². The molecule has 10 heteroatoms. The average Bonchev–Trinajstić information content (AvgIpc) is 3.36. The lowest BCUT2D eigenvalue weighted by atomic mass is 10.2. The zero-order chi connectivity index (χ0) is 22.7. The van der Waals surface area contributed by atoms with Crippen LogP contribution in [0.5, 0.6) is 5.75 Å². The van der Waals surface area contributed by atoms with E-state index in [9.17, 15) is 13.6 Å². The van der Waals surface area contributed by atoms with Crippen LogP contribution < -0.4 is 10.1 Å². The van der Waals surface area contributed by atoms with Gasteiger partial charge in [-0.05, 0) is 41.3 Å². The number of nitrogens with zero attached hydrogens (tertiary/aromatic N) is 2. The van der Waals surface area contributed by atoms with Gasteiger partial charge in [-0.25, -0.2) is 8.78 Å². The van der Waals surface area contributed by atoms with Gasteiger partial charge in [-0.1, -0.05) is 41.4 Å². The van der Waals surface area contributed by atoms with Crippen LogP contribution in [0.2, 0.25) is 10.0 Å². The maximum atomic E-state index is 13.7. The summed E-state index contributed by atoms with van der Waals surface area (Å²) in [6, 6.07) is 11.8. The standard InChI is InChI=1S/C22H15Cl2F2N3O2S/c23-16-8-15(25)6-5-14(16)9-29-10-17(24)21(28-29)27-22(30)20-7-13(12-32-20)11-31-19-4-2-1-3-18(19)26/h1-8,10,12H,9,11H2,(H,27,28,30). The number of benzene rings is 2. The Balaban J connectivity index is 1.39. The number of nitrogens with one attached hydrogen (secondary N) is 1. The van der Waals surface area contributed by atoms with Gasteiger partial charge in [0.2, 0.25) is 0 Å². The van der Waals surface area contributed by atoms with E-state index < -0.39 is 11.6 Å². The highest BCUT2D eigenvalue weighted by molar-refractivity contribution is 7.12. The van der Waals surface area contributed by atoms with Gasteiger partial charge in [0, 0.05) is 16.8 Å². The first-order valence-corrected chi connectivity index (χ1v) is 11.0. The van der Waals surface area contributed by atoms with Crippen LogP contribution in [0.3, 0.4) is 0 Å². The molecule has 164 valence electrons. The van der Waals surface area contributed by atoms with E-state index in [1.54, 1.807) is 35.8 Å². The molecule has 0 atom stereocenters. The number of para-hydroxylation sites is 1. The fourth-order valence-electron chi connectivity index (χ4n) is 2.85. The third-order valence-corrected chi connectivity index (χ3v) is 6.01. The second-order valence-electron chi connectivity index (χ2n) is 6.75. The van der Waals surface area contributed by atoms with Crippen LogP contribution in [0.4, 0.5) is 14.6 Å². The summed E-state index contributed by atoms with van der Waals surface area (Å²) in [6.45, 7) is 0.379. The Morgan fingerprint density at radius 2 is 1.94 bits per heavy atom. The monoisotopic (exact) mass is 493 g/mol. The van der Waals surface area contributed by atoms with Crippen molar-refractivity contribution in [2.75, 3.05) is 5.32 Å². The number of anilines is 1. The van der Waals surface area contributed by atoms with Crippen LogP contribution >= 0.6 is 34.5 Å². The van der Waals surface area contributed by atoms with E-state index >= 15 is 0 Å². The predicted octanol–water partition coefficient (Wildman–Crippen LogP) is 6.41. The minimum atomic E-state index is -0.451. The van der Waals surface area contributed by atoms with Gasteiger partial charge in [0.1, 0.15) is 17.4 Å². The smallest absolute Gasteiger partial charge is 0.266 e. The molecule has 0 radical (unpaired) electrons. The molecule has 0 saturated heterocycles. The number of hydrogen-bond acceptors (Lipinski definition) is 4. The number of ether oxygens (including phenoxy) is 1. The Morgan fingerprint density at radius 1 is 1.12 bits per heavy atom. The van der Waals surface area contributed by atoms with E-state index in [2.05, 4.69) is 10.4 Å². The number of carbonyl (C=O) groups excluding carboxylic acids is 1. The van der Waals surface area contributed by atoms with Crippen molar-refractivity contribution in [3.63, 3.8) is 0 Å². The maximum Gasteiger partial charge on any atom is 0.266 e. The second-order valence-corrected chi connectivity index (χ2v) is 8.48. The largest absolute Gasteiger partial charge is 0.486 e. The van der Waals surface area contributed by atoms with E-state index in [1.807, 2.05) is 0 Å². The molecule has 0 aliphatic carbocycles. The van der Waals surface area contributed by atoms with E-state index in [0.29, 0.717) is 10.4 Å². The van der Waals surface area contributed by atoms with Crippen molar-refractivity contribution >= 4 is 46.3 Å². The highest BCUT2D eigenvalue weighted by Gasteiger charge is 2.15. The normalized spacial score (nSPS) is 10.9. The van der Waals surface area contributed by atoms with Crippen molar-refractivity contribution in [2.24, 2.45) is 0 Å². The molecule has 0 aliphatic rings. The molecule has 2 aromatic heterocycles. The number of carbonyl (C=O) groups is 1. The SMILES string of the molecule is O=C(Nc1nn(Cc2ccc(F)cc2Cl)cc1Cl)c1cc(COc2ccccc2F)cs1. The van der Waals surface area contributed by atoms with Gasteiger partial charge >= 0.3 is 0 Å². The van der Waals surface area contributed by atoms with Crippen LogP contribution in [0.1, 0.15) is 20.8 Å². The molecule has 0 spiro atoms. The number of thiophene rings is 1. The summed E-state index contributed by atoms with van der Waals surface area (Å²) in [5.41, 5.74) is 1.38. The number of amides is 1. The van der Waals surface area contributed by atoms with E-state index in [0.717, 1.165) is 5.56 Å². The zero-order valence-corrected chi connectivity index (χ0v) is 18.6. The first kappa shape index (κ1) is 22.3. The fourth-order valence-corrected chi connectivity index (χ4v) is 4.07. The Hall–Kier alpha value is -2.94. The summed E-state index contributed by atoms with van der Waals surface area (Å²) >= 11 is 13.5. The molecule has 0 unspecified atom stereocenters. The van der Waals surface area contributed by atoms with Crippen LogP contribution in [0, 0.1) is 11.6 Å². The summed E-state index contributed by atoms with van der Waals surface area (Å²) in [5, 5.41) is 9.20. The van der Waals surface area contributed by atoms with Gasteiger partial charge < -0.3 is 10.1 Å². The lowest BCUT2D eigenvalue weighted by molar-refractivity contribution is 0.103. The number of hydrogen-bond donors (Lipinski definition) is 1. The number of aromatic nitrogens is 2. The van der Waals surface area contributed by atoms with E-state index in [1.165, 1.54) is 40.3 Å². The molecule has 1 N–H and O–H groups in total. The van der Waals surface area contributed by atoms with Gasteiger partial charge in [0.05, 0.1) is 11.4 Å². The van der Waals surface area contributed by atoms with Gasteiger partial charge in [0.25, 0.3) is 5.91 Å². The first-order valence-electron chi connectivity index (χ1n) is 9.32. The van der Waals surface area contributed by atoms with Gasteiger partial charge in [-0.15, -0.1) is 11.3 Å². The van der Waals surface area contributed by atoms with Crippen LogP contribution in [0.15, 0.2) is 60.1 Å². The van der Waals surface area contributed by atoms with Crippen molar-refractivity contribution in [2.45, 2.75) is 13.2 Å². The first-order chi connectivity index (χ1) is 15.4. The van der Waals surface area contributed by atoms with E-state index in [-0.39, 0.29) is 40.7 Å². The summed E-state index contributed by atoms with van der Waals surface area (Å²) in [6.07, 6.45) is 1.54. The third-order valence-electron chi connectivity index (χ3n) is 4.40. The molecular weight excluding hydrogens is 479 g/mol. The summed E-state index contributed by atoms with van der Waals surface area (Å²) < 4.78 is 33.8. The molecule has 0 fully saturated rings. The maximum absolute atomic E-state index is 13.7. The average molecular weight is 494 g/mol. The molecule has 4 aromatic rings. The van der Waals surface area contributed by atoms with Gasteiger partial charge in [-0.2, -0.15) is 5.10 Å². The minimum Gasteiger partial charge on any atom is -0.486 e. The quantitative estimate of drug-likeness (QED) is 0.323. The molecule has 2 heterocycles. The Kier molecular flexibility index (Phi) is 6.74. The summed E-state index contributed by atoms with van der Waals surface area (Å²) in [4.78, 5) is 13.0. The van der Waals surface area contributed by atoms with Crippen LogP contribution in [0.25, 0.3) is 0 Å². The highest BCUT2D eigenvalue weighted by Crippen LogP contribution is 2.25. The highest BCUT2D eigenvalue weighted by atomic mass is 35.5. The minimum absolute atomic E-state index is 0.124. The molecule has 0 saturated carbocycles. The van der Waals surface area contributed by atoms with Crippen molar-refractivity contribution in [1.82, 2.24) is 9.78 Å². The third kappa shape index (κ3) is 5.27. The lowest BCUT2D eigenvalue weighted by Gasteiger charge is -2.05. The van der Waals surface area contributed by atoms with Crippen molar-refractivity contribution < 1.29 is 18.3 Å². The molecule has 2 aromatic carbocycles. The van der Waals surface area contributed by atoms with Crippen LogP contribution in [-0.2, 0) is 13.2 Å². The van der Waals surface area contributed by atoms with Gasteiger partial charge in [-0.3, -0.25) is 9.48 Å². The Morgan fingerprint density at radius 3 is 2.72 bits per heavy atom. The van der Waals surface area contributed by atoms with Crippen molar-refractivity contribution in [3.8, 4) is 5.75 Å². The van der Waals surface area contributed by atoms with E-state index in [4.69, 9.17) is 27.9 Å². The molecule has 5 nitrogen and oxygen atoms in total. The number of halogens is 4.